The third-order valence-electron chi connectivity index (χ3n) is 2.11. The maximum atomic E-state index is 13.2. The van der Waals surface area contributed by atoms with Gasteiger partial charge in [-0.05, 0) is 18.2 Å². The second-order valence-corrected chi connectivity index (χ2v) is 3.26. The molecule has 3 nitrogen and oxygen atoms in total. The van der Waals surface area contributed by atoms with Crippen LogP contribution in [0.3, 0.4) is 0 Å². The highest BCUT2D eigenvalue weighted by Crippen LogP contribution is 2.16. The molecule has 16 heavy (non-hydrogen) atoms. The summed E-state index contributed by atoms with van der Waals surface area (Å²) in [7, 11) is 0. The third kappa shape index (κ3) is 2.13. The van der Waals surface area contributed by atoms with Crippen molar-refractivity contribution in [3.05, 3.63) is 41.5 Å². The van der Waals surface area contributed by atoms with Gasteiger partial charge in [-0.1, -0.05) is 0 Å². The van der Waals surface area contributed by atoms with Gasteiger partial charge >= 0.3 is 0 Å². The molecule has 1 aliphatic rings. The van der Waals surface area contributed by atoms with E-state index in [9.17, 15) is 13.6 Å². The first-order valence-electron chi connectivity index (χ1n) is 4.62. The fraction of sp³-hybridized carbons (Fsp3) is 0.0909. The summed E-state index contributed by atoms with van der Waals surface area (Å²) in [6.07, 6.45) is 3.03. The van der Waals surface area contributed by atoms with Crippen LogP contribution >= 0.6 is 0 Å². The van der Waals surface area contributed by atoms with E-state index in [-0.39, 0.29) is 12.2 Å². The zero-order valence-electron chi connectivity index (χ0n) is 8.21. The van der Waals surface area contributed by atoms with Crippen LogP contribution in [0, 0.1) is 11.6 Å². The molecule has 0 aromatic heterocycles. The molecule has 0 saturated heterocycles. The Morgan fingerprint density at radius 1 is 1.38 bits per heavy atom. The van der Waals surface area contributed by atoms with Gasteiger partial charge in [0.05, 0.1) is 12.2 Å². The van der Waals surface area contributed by atoms with Crippen molar-refractivity contribution in [2.75, 3.05) is 11.9 Å². The molecular formula is C11H8F2N2O. The number of hydrogen-bond acceptors (Lipinski definition) is 2. The Morgan fingerprint density at radius 2 is 2.19 bits per heavy atom. The Bertz CT molecular complexity index is 495. The molecule has 82 valence electrons. The summed E-state index contributed by atoms with van der Waals surface area (Å²) >= 11 is 0. The number of anilines is 1. The van der Waals surface area contributed by atoms with Gasteiger partial charge in [-0.15, -0.1) is 0 Å². The number of nitrogens with one attached hydrogen (secondary N) is 1. The number of amides is 1. The molecule has 0 bridgehead atoms. The van der Waals surface area contributed by atoms with Crippen LogP contribution in [-0.2, 0) is 4.79 Å². The fourth-order valence-electron chi connectivity index (χ4n) is 1.29. The minimum atomic E-state index is -0.672. The monoisotopic (exact) mass is 222 g/mol. The van der Waals surface area contributed by atoms with Crippen molar-refractivity contribution in [3.8, 4) is 0 Å². The zero-order valence-corrected chi connectivity index (χ0v) is 8.21. The Kier molecular flexibility index (Phi) is 2.76. The number of aliphatic imine (C=N–C) groups is 1. The number of rotatable bonds is 2. The van der Waals surface area contributed by atoms with E-state index in [1.54, 1.807) is 0 Å². The van der Waals surface area contributed by atoms with Crippen LogP contribution in [0.4, 0.5) is 14.5 Å². The van der Waals surface area contributed by atoms with Gasteiger partial charge in [-0.3, -0.25) is 9.79 Å². The SMILES string of the molecule is O=C(Nc1cc(F)ccc1F)C1=CC=NC1. The number of benzene rings is 1. The summed E-state index contributed by atoms with van der Waals surface area (Å²) < 4.78 is 26.0. The molecule has 0 radical (unpaired) electrons. The molecular weight excluding hydrogens is 214 g/mol. The molecule has 0 unspecified atom stereocenters. The van der Waals surface area contributed by atoms with Gasteiger partial charge in [0, 0.05) is 17.9 Å². The van der Waals surface area contributed by atoms with E-state index in [0.29, 0.717) is 5.57 Å². The number of halogens is 2. The molecule has 5 heteroatoms. The van der Waals surface area contributed by atoms with Crippen LogP contribution in [0.5, 0.6) is 0 Å². The molecule has 0 atom stereocenters. The fourth-order valence-corrected chi connectivity index (χ4v) is 1.29. The van der Waals surface area contributed by atoms with Crippen LogP contribution in [-0.4, -0.2) is 18.7 Å². The lowest BCUT2D eigenvalue weighted by Crippen LogP contribution is -2.16. The second kappa shape index (κ2) is 4.22. The van der Waals surface area contributed by atoms with Gasteiger partial charge in [0.2, 0.25) is 0 Å². The lowest BCUT2D eigenvalue weighted by molar-refractivity contribution is -0.112. The van der Waals surface area contributed by atoms with Gasteiger partial charge in [0.25, 0.3) is 5.91 Å². The number of carbonyl (C=O) groups is 1. The largest absolute Gasteiger partial charge is 0.320 e. The molecule has 0 aliphatic carbocycles. The van der Waals surface area contributed by atoms with E-state index < -0.39 is 17.5 Å². The first-order chi connectivity index (χ1) is 7.66. The molecule has 0 saturated carbocycles. The Labute approximate surface area is 90.5 Å². The highest BCUT2D eigenvalue weighted by Gasteiger charge is 2.13. The normalized spacial score (nSPS) is 13.8. The van der Waals surface area contributed by atoms with E-state index in [4.69, 9.17) is 0 Å². The number of allylic oxidation sites excluding steroid dienone is 1. The Hall–Kier alpha value is -2.04. The van der Waals surface area contributed by atoms with Crippen molar-refractivity contribution in [2.45, 2.75) is 0 Å². The molecule has 0 spiro atoms. The van der Waals surface area contributed by atoms with Gasteiger partial charge in [0.15, 0.2) is 0 Å². The molecule has 1 aromatic rings. The van der Waals surface area contributed by atoms with Crippen LogP contribution in [0.1, 0.15) is 0 Å². The van der Waals surface area contributed by atoms with Crippen LogP contribution in [0.25, 0.3) is 0 Å². The van der Waals surface area contributed by atoms with Crippen molar-refractivity contribution in [3.63, 3.8) is 0 Å². The van der Waals surface area contributed by atoms with Crippen molar-refractivity contribution < 1.29 is 13.6 Å². The Balaban J connectivity index is 2.14. The minimum absolute atomic E-state index is 0.169. The third-order valence-corrected chi connectivity index (χ3v) is 2.11. The molecule has 1 aromatic carbocycles. The second-order valence-electron chi connectivity index (χ2n) is 3.26. The quantitative estimate of drug-likeness (QED) is 0.815. The lowest BCUT2D eigenvalue weighted by Gasteiger charge is -2.06. The van der Waals surface area contributed by atoms with Gasteiger partial charge in [0.1, 0.15) is 11.6 Å². The van der Waals surface area contributed by atoms with Crippen molar-refractivity contribution in [1.82, 2.24) is 0 Å². The van der Waals surface area contributed by atoms with Gasteiger partial charge < -0.3 is 5.32 Å². The lowest BCUT2D eigenvalue weighted by atomic mass is 10.2. The minimum Gasteiger partial charge on any atom is -0.320 e. The maximum Gasteiger partial charge on any atom is 0.253 e. The smallest absolute Gasteiger partial charge is 0.253 e. The van der Waals surface area contributed by atoms with Crippen LogP contribution in [0.2, 0.25) is 0 Å². The molecule has 1 aliphatic heterocycles. The zero-order chi connectivity index (χ0) is 11.5. The van der Waals surface area contributed by atoms with Crippen molar-refractivity contribution in [1.29, 1.82) is 0 Å². The van der Waals surface area contributed by atoms with Crippen molar-refractivity contribution >= 4 is 17.8 Å². The number of hydrogen-bond donors (Lipinski definition) is 1. The standard InChI is InChI=1S/C11H8F2N2O/c12-8-1-2-9(13)10(5-8)15-11(16)7-3-4-14-6-7/h1-5H,6H2,(H,15,16). The summed E-state index contributed by atoms with van der Waals surface area (Å²) in [4.78, 5) is 15.4. The number of nitrogens with zero attached hydrogens (tertiary/aromatic N) is 1. The molecule has 1 amide bonds. The van der Waals surface area contributed by atoms with E-state index in [2.05, 4.69) is 10.3 Å². The summed E-state index contributed by atoms with van der Waals surface area (Å²) in [6.45, 7) is 0.267. The van der Waals surface area contributed by atoms with Crippen LogP contribution in [0.15, 0.2) is 34.8 Å². The summed E-state index contributed by atoms with van der Waals surface area (Å²) in [5, 5.41) is 2.29. The average Bonchev–Trinajstić information content (AvgIpc) is 2.76. The number of carbonyl (C=O) groups excluding carboxylic acids is 1. The van der Waals surface area contributed by atoms with E-state index in [1.165, 1.54) is 12.3 Å². The Morgan fingerprint density at radius 3 is 2.88 bits per heavy atom. The predicted octanol–water partition coefficient (Wildman–Crippen LogP) is 1.91. The molecule has 0 fully saturated rings. The molecule has 1 N–H and O–H groups in total. The molecule has 2 rings (SSSR count). The van der Waals surface area contributed by atoms with Gasteiger partial charge in [-0.25, -0.2) is 8.78 Å². The van der Waals surface area contributed by atoms with E-state index in [0.717, 1.165) is 18.2 Å². The predicted molar refractivity (Wildman–Crippen MR) is 56.4 cm³/mol. The first kappa shape index (κ1) is 10.5. The van der Waals surface area contributed by atoms with E-state index in [1.807, 2.05) is 0 Å². The highest BCUT2D eigenvalue weighted by atomic mass is 19.1. The average molecular weight is 222 g/mol. The van der Waals surface area contributed by atoms with Crippen molar-refractivity contribution in [2.24, 2.45) is 4.99 Å². The molecule has 1 heterocycles. The first-order valence-corrected chi connectivity index (χ1v) is 4.62. The van der Waals surface area contributed by atoms with Crippen LogP contribution < -0.4 is 5.32 Å². The summed E-state index contributed by atoms with van der Waals surface area (Å²) in [6, 6.07) is 2.89. The summed E-state index contributed by atoms with van der Waals surface area (Å²) in [5.41, 5.74) is 0.251. The summed E-state index contributed by atoms with van der Waals surface area (Å²) in [5.74, 6) is -1.75. The highest BCUT2D eigenvalue weighted by molar-refractivity contribution is 6.07. The van der Waals surface area contributed by atoms with E-state index >= 15 is 0 Å². The van der Waals surface area contributed by atoms with Gasteiger partial charge in [-0.2, -0.15) is 0 Å². The topological polar surface area (TPSA) is 41.5 Å². The maximum absolute atomic E-state index is 13.2.